The molecular weight excluding hydrogens is 292 g/mol. The molecule has 5 heteroatoms. The van der Waals surface area contributed by atoms with E-state index in [-0.39, 0.29) is 23.3 Å². The van der Waals surface area contributed by atoms with Crippen LogP contribution >= 0.6 is 0 Å². The number of ether oxygens (including phenoxy) is 1. The van der Waals surface area contributed by atoms with E-state index in [1.165, 1.54) is 6.07 Å². The highest BCUT2D eigenvalue weighted by molar-refractivity contribution is 5.94. The lowest BCUT2D eigenvalue weighted by Crippen LogP contribution is -2.31. The molecule has 1 aromatic heterocycles. The largest absolute Gasteiger partial charge is 0.491 e. The Morgan fingerprint density at radius 1 is 1.17 bits per heavy atom. The van der Waals surface area contributed by atoms with Crippen LogP contribution in [0.15, 0.2) is 41.2 Å². The minimum atomic E-state index is -0.395. The van der Waals surface area contributed by atoms with Gasteiger partial charge in [-0.1, -0.05) is 12.1 Å². The number of pyridine rings is 1. The normalized spacial score (nSPS) is 12.0. The summed E-state index contributed by atoms with van der Waals surface area (Å²) in [7, 11) is 0. The van der Waals surface area contributed by atoms with Gasteiger partial charge in [0, 0.05) is 5.69 Å². The summed E-state index contributed by atoms with van der Waals surface area (Å²) in [5.74, 6) is 0.362. The highest BCUT2D eigenvalue weighted by Gasteiger charge is 2.15. The van der Waals surface area contributed by atoms with Crippen LogP contribution < -0.4 is 15.6 Å². The van der Waals surface area contributed by atoms with Crippen LogP contribution in [-0.2, 0) is 0 Å². The van der Waals surface area contributed by atoms with E-state index in [4.69, 9.17) is 4.74 Å². The summed E-state index contributed by atoms with van der Waals surface area (Å²) in [6.45, 7) is 7.56. The van der Waals surface area contributed by atoms with Gasteiger partial charge in [0.25, 0.3) is 11.5 Å². The fraction of sp³-hybridized carbons (Fsp3) is 0.333. The Hall–Kier alpha value is -2.56. The predicted octanol–water partition coefficient (Wildman–Crippen LogP) is 2.96. The second-order valence-electron chi connectivity index (χ2n) is 5.82. The number of aromatic nitrogens is 1. The Morgan fingerprint density at radius 3 is 2.57 bits per heavy atom. The van der Waals surface area contributed by atoms with Crippen molar-refractivity contribution in [3.63, 3.8) is 0 Å². The lowest BCUT2D eigenvalue weighted by molar-refractivity contribution is 0.0938. The van der Waals surface area contributed by atoms with Gasteiger partial charge in [-0.2, -0.15) is 0 Å². The number of benzene rings is 1. The maximum absolute atomic E-state index is 12.3. The second-order valence-corrected chi connectivity index (χ2v) is 5.82. The van der Waals surface area contributed by atoms with E-state index in [0.29, 0.717) is 0 Å². The van der Waals surface area contributed by atoms with Crippen molar-refractivity contribution in [2.75, 3.05) is 0 Å². The first-order valence-electron chi connectivity index (χ1n) is 7.64. The van der Waals surface area contributed by atoms with Crippen molar-refractivity contribution in [3.8, 4) is 5.75 Å². The van der Waals surface area contributed by atoms with Crippen molar-refractivity contribution in [1.82, 2.24) is 10.3 Å². The molecule has 0 aliphatic heterocycles. The van der Waals surface area contributed by atoms with Gasteiger partial charge in [0.2, 0.25) is 0 Å². The number of aryl methyl sites for hydroxylation is 1. The summed E-state index contributed by atoms with van der Waals surface area (Å²) >= 11 is 0. The number of carbonyl (C=O) groups excluding carboxylic acids is 1. The van der Waals surface area contributed by atoms with Gasteiger partial charge < -0.3 is 15.0 Å². The number of hydrogen-bond acceptors (Lipinski definition) is 3. The zero-order valence-corrected chi connectivity index (χ0v) is 13.8. The predicted molar refractivity (Wildman–Crippen MR) is 89.9 cm³/mol. The zero-order chi connectivity index (χ0) is 17.0. The van der Waals surface area contributed by atoms with Gasteiger partial charge in [-0.25, -0.2) is 0 Å². The first-order valence-corrected chi connectivity index (χ1v) is 7.64. The molecule has 0 bridgehead atoms. The molecule has 1 atom stereocenters. The molecule has 5 nitrogen and oxygen atoms in total. The summed E-state index contributed by atoms with van der Waals surface area (Å²) in [5.41, 5.74) is 1.36. The smallest absolute Gasteiger partial charge is 0.260 e. The molecule has 0 aliphatic rings. The summed E-state index contributed by atoms with van der Waals surface area (Å²) in [5, 5.41) is 2.84. The highest BCUT2D eigenvalue weighted by atomic mass is 16.5. The van der Waals surface area contributed by atoms with Crippen molar-refractivity contribution in [2.24, 2.45) is 0 Å². The third-order valence-electron chi connectivity index (χ3n) is 3.38. The van der Waals surface area contributed by atoms with Crippen LogP contribution in [0.25, 0.3) is 0 Å². The molecule has 1 heterocycles. The van der Waals surface area contributed by atoms with Gasteiger partial charge in [-0.3, -0.25) is 9.59 Å². The van der Waals surface area contributed by atoms with Gasteiger partial charge in [-0.15, -0.1) is 0 Å². The van der Waals surface area contributed by atoms with Gasteiger partial charge in [0.05, 0.1) is 12.1 Å². The van der Waals surface area contributed by atoms with Crippen molar-refractivity contribution in [3.05, 3.63) is 63.6 Å². The number of hydrogen-bond donors (Lipinski definition) is 2. The van der Waals surface area contributed by atoms with Gasteiger partial charge in [0.15, 0.2) is 0 Å². The van der Waals surface area contributed by atoms with Crippen LogP contribution in [-0.4, -0.2) is 17.0 Å². The van der Waals surface area contributed by atoms with Crippen LogP contribution in [0.5, 0.6) is 5.75 Å². The number of nitrogens with one attached hydrogen (secondary N) is 2. The Labute approximate surface area is 135 Å². The highest BCUT2D eigenvalue weighted by Crippen LogP contribution is 2.20. The molecule has 0 aliphatic carbocycles. The van der Waals surface area contributed by atoms with Gasteiger partial charge >= 0.3 is 0 Å². The Kier molecular flexibility index (Phi) is 5.21. The van der Waals surface area contributed by atoms with E-state index in [0.717, 1.165) is 17.0 Å². The molecule has 0 saturated carbocycles. The van der Waals surface area contributed by atoms with Crippen molar-refractivity contribution >= 4 is 5.91 Å². The summed E-state index contributed by atoms with van der Waals surface area (Å²) < 4.78 is 5.66. The summed E-state index contributed by atoms with van der Waals surface area (Å²) in [6.07, 6.45) is 0.0845. The lowest BCUT2D eigenvalue weighted by atomic mass is 10.1. The molecule has 2 rings (SSSR count). The Balaban J connectivity index is 2.13. The minimum Gasteiger partial charge on any atom is -0.491 e. The zero-order valence-electron chi connectivity index (χ0n) is 13.8. The molecule has 1 aromatic carbocycles. The van der Waals surface area contributed by atoms with Crippen LogP contribution in [0.1, 0.15) is 48.4 Å². The Morgan fingerprint density at radius 2 is 1.91 bits per heavy atom. The molecule has 2 aromatic rings. The van der Waals surface area contributed by atoms with Gasteiger partial charge in [-0.05, 0) is 57.5 Å². The Bertz CT molecular complexity index is 750. The molecule has 0 fully saturated rings. The minimum absolute atomic E-state index is 0.0845. The van der Waals surface area contributed by atoms with Crippen molar-refractivity contribution in [2.45, 2.75) is 39.8 Å². The molecule has 0 radical (unpaired) electrons. The third-order valence-corrected chi connectivity index (χ3v) is 3.38. The molecule has 0 saturated heterocycles. The maximum Gasteiger partial charge on any atom is 0.260 e. The van der Waals surface area contributed by atoms with E-state index in [1.54, 1.807) is 13.0 Å². The SMILES string of the molecule is Cc1ccc(C(=O)N[C@H](C)c2cccc(OC(C)C)c2)c(=O)[nH]1. The lowest BCUT2D eigenvalue weighted by Gasteiger charge is -2.16. The fourth-order valence-electron chi connectivity index (χ4n) is 2.24. The van der Waals surface area contributed by atoms with Crippen molar-refractivity contribution < 1.29 is 9.53 Å². The monoisotopic (exact) mass is 314 g/mol. The molecule has 23 heavy (non-hydrogen) atoms. The van der Waals surface area contributed by atoms with E-state index in [1.807, 2.05) is 45.0 Å². The van der Waals surface area contributed by atoms with Crippen LogP contribution in [0.4, 0.5) is 0 Å². The van der Waals surface area contributed by atoms with Crippen LogP contribution in [0, 0.1) is 6.92 Å². The standard InChI is InChI=1S/C18H22N2O3/c1-11(2)23-15-7-5-6-14(10-15)13(4)20-18(22)16-9-8-12(3)19-17(16)21/h5-11,13H,1-4H3,(H,19,21)(H,20,22)/t13-/m1/s1. The molecule has 1 amide bonds. The number of rotatable bonds is 5. The second kappa shape index (κ2) is 7.13. The first-order chi connectivity index (χ1) is 10.9. The average Bonchev–Trinajstić information content (AvgIpc) is 2.46. The van der Waals surface area contributed by atoms with E-state index in [2.05, 4.69) is 10.3 Å². The molecular formula is C18H22N2O3. The number of amides is 1. The fourth-order valence-corrected chi connectivity index (χ4v) is 2.24. The third kappa shape index (κ3) is 4.45. The topological polar surface area (TPSA) is 71.2 Å². The number of H-pyrrole nitrogens is 1. The molecule has 0 unspecified atom stereocenters. The van der Waals surface area contributed by atoms with Gasteiger partial charge in [0.1, 0.15) is 11.3 Å². The average molecular weight is 314 g/mol. The van der Waals surface area contributed by atoms with Crippen molar-refractivity contribution in [1.29, 1.82) is 0 Å². The molecule has 2 N–H and O–H groups in total. The summed E-state index contributed by atoms with van der Waals surface area (Å²) in [6, 6.07) is 10.6. The summed E-state index contributed by atoms with van der Waals surface area (Å²) in [4.78, 5) is 26.7. The first kappa shape index (κ1) is 16.8. The van der Waals surface area contributed by atoms with Crippen LogP contribution in [0.2, 0.25) is 0 Å². The molecule has 0 spiro atoms. The quantitative estimate of drug-likeness (QED) is 0.891. The maximum atomic E-state index is 12.3. The van der Waals surface area contributed by atoms with E-state index < -0.39 is 5.91 Å². The molecule has 122 valence electrons. The number of aromatic amines is 1. The number of carbonyl (C=O) groups is 1. The van der Waals surface area contributed by atoms with E-state index in [9.17, 15) is 9.59 Å². The van der Waals surface area contributed by atoms with Crippen LogP contribution in [0.3, 0.4) is 0 Å². The van der Waals surface area contributed by atoms with E-state index >= 15 is 0 Å².